The molecular weight excluding hydrogens is 276 g/mol. The van der Waals surface area contributed by atoms with Crippen LogP contribution >= 0.6 is 0 Å². The van der Waals surface area contributed by atoms with Crippen LogP contribution in [-0.2, 0) is 16.1 Å². The molecule has 0 spiro atoms. The third-order valence-electron chi connectivity index (χ3n) is 4.08. The number of benzene rings is 2. The molecule has 0 saturated carbocycles. The smallest absolute Gasteiger partial charge is 0.224 e. The van der Waals surface area contributed by atoms with Gasteiger partial charge in [-0.05, 0) is 22.4 Å². The van der Waals surface area contributed by atoms with Gasteiger partial charge in [-0.2, -0.15) is 0 Å². The summed E-state index contributed by atoms with van der Waals surface area (Å²) in [6.45, 7) is 2.82. The number of nitrogens with one attached hydrogen (secondary N) is 1. The second kappa shape index (κ2) is 6.90. The maximum Gasteiger partial charge on any atom is 0.224 e. The first-order valence-corrected chi connectivity index (χ1v) is 7.75. The van der Waals surface area contributed by atoms with Crippen molar-refractivity contribution in [2.45, 2.75) is 19.0 Å². The van der Waals surface area contributed by atoms with Gasteiger partial charge in [-0.3, -0.25) is 4.79 Å². The SMILES string of the molecule is CN(Cc1ccc2ccccc2c1)C(=O)CC1COCCN1. The number of ether oxygens (including phenoxy) is 1. The fourth-order valence-electron chi connectivity index (χ4n) is 2.82. The van der Waals surface area contributed by atoms with E-state index in [1.54, 1.807) is 4.90 Å². The Kier molecular flexibility index (Phi) is 4.71. The first-order chi connectivity index (χ1) is 10.7. The van der Waals surface area contributed by atoms with Crippen molar-refractivity contribution in [2.75, 3.05) is 26.8 Å². The molecule has 0 aromatic heterocycles. The van der Waals surface area contributed by atoms with E-state index in [9.17, 15) is 4.79 Å². The predicted octanol–water partition coefficient (Wildman–Crippen LogP) is 2.18. The number of carbonyl (C=O) groups is 1. The van der Waals surface area contributed by atoms with Crippen LogP contribution in [0.4, 0.5) is 0 Å². The Morgan fingerprint density at radius 3 is 2.86 bits per heavy atom. The molecule has 2 aromatic rings. The van der Waals surface area contributed by atoms with Crippen molar-refractivity contribution in [3.05, 3.63) is 48.0 Å². The molecule has 0 bridgehead atoms. The van der Waals surface area contributed by atoms with Crippen LogP contribution in [0.2, 0.25) is 0 Å². The quantitative estimate of drug-likeness (QED) is 0.940. The van der Waals surface area contributed by atoms with Gasteiger partial charge in [0.25, 0.3) is 0 Å². The number of amides is 1. The summed E-state index contributed by atoms with van der Waals surface area (Å²) < 4.78 is 5.40. The molecule has 4 nitrogen and oxygen atoms in total. The monoisotopic (exact) mass is 298 g/mol. The maximum absolute atomic E-state index is 12.3. The average molecular weight is 298 g/mol. The third kappa shape index (κ3) is 3.64. The van der Waals surface area contributed by atoms with Crippen LogP contribution in [0, 0.1) is 0 Å². The molecule has 1 fully saturated rings. The molecule has 1 unspecified atom stereocenters. The Morgan fingerprint density at radius 2 is 2.09 bits per heavy atom. The number of fused-ring (bicyclic) bond motifs is 1. The minimum absolute atomic E-state index is 0.139. The van der Waals surface area contributed by atoms with E-state index < -0.39 is 0 Å². The molecule has 1 aliphatic heterocycles. The second-order valence-corrected chi connectivity index (χ2v) is 5.86. The normalized spacial score (nSPS) is 18.3. The lowest BCUT2D eigenvalue weighted by atomic mass is 10.1. The van der Waals surface area contributed by atoms with E-state index in [-0.39, 0.29) is 11.9 Å². The highest BCUT2D eigenvalue weighted by Gasteiger charge is 2.19. The van der Waals surface area contributed by atoms with Gasteiger partial charge in [0, 0.05) is 32.6 Å². The molecule has 1 aliphatic rings. The third-order valence-corrected chi connectivity index (χ3v) is 4.08. The minimum atomic E-state index is 0.139. The van der Waals surface area contributed by atoms with E-state index in [0.717, 1.165) is 18.7 Å². The van der Waals surface area contributed by atoms with Crippen LogP contribution in [0.25, 0.3) is 10.8 Å². The van der Waals surface area contributed by atoms with Gasteiger partial charge < -0.3 is 15.0 Å². The van der Waals surface area contributed by atoms with Crippen LogP contribution in [0.3, 0.4) is 0 Å². The first kappa shape index (κ1) is 15.0. The molecule has 1 saturated heterocycles. The zero-order valence-electron chi connectivity index (χ0n) is 12.9. The van der Waals surface area contributed by atoms with Crippen molar-refractivity contribution < 1.29 is 9.53 Å². The fraction of sp³-hybridized carbons (Fsp3) is 0.389. The topological polar surface area (TPSA) is 41.6 Å². The zero-order chi connectivity index (χ0) is 15.4. The second-order valence-electron chi connectivity index (χ2n) is 5.86. The first-order valence-electron chi connectivity index (χ1n) is 7.75. The molecular formula is C18H22N2O2. The van der Waals surface area contributed by atoms with Crippen LogP contribution in [0.15, 0.2) is 42.5 Å². The number of nitrogens with zero attached hydrogens (tertiary/aromatic N) is 1. The fourth-order valence-corrected chi connectivity index (χ4v) is 2.82. The van der Waals surface area contributed by atoms with Crippen LogP contribution in [-0.4, -0.2) is 43.7 Å². The number of carbonyl (C=O) groups excluding carboxylic acids is 1. The van der Waals surface area contributed by atoms with Crippen molar-refractivity contribution >= 4 is 16.7 Å². The zero-order valence-corrected chi connectivity index (χ0v) is 12.9. The molecule has 0 radical (unpaired) electrons. The van der Waals surface area contributed by atoms with E-state index in [1.807, 2.05) is 19.2 Å². The van der Waals surface area contributed by atoms with Crippen molar-refractivity contribution in [2.24, 2.45) is 0 Å². The van der Waals surface area contributed by atoms with Crippen molar-refractivity contribution in [3.8, 4) is 0 Å². The molecule has 1 amide bonds. The highest BCUT2D eigenvalue weighted by molar-refractivity contribution is 5.83. The number of hydrogen-bond donors (Lipinski definition) is 1. The van der Waals surface area contributed by atoms with Gasteiger partial charge in [0.05, 0.1) is 13.2 Å². The predicted molar refractivity (Wildman–Crippen MR) is 87.6 cm³/mol. The van der Waals surface area contributed by atoms with Crippen LogP contribution in [0.1, 0.15) is 12.0 Å². The lowest BCUT2D eigenvalue weighted by molar-refractivity contribution is -0.131. The molecule has 3 rings (SSSR count). The Hall–Kier alpha value is -1.91. The Labute approximate surface area is 131 Å². The molecule has 1 atom stereocenters. The molecule has 22 heavy (non-hydrogen) atoms. The molecule has 1 heterocycles. The highest BCUT2D eigenvalue weighted by atomic mass is 16.5. The van der Waals surface area contributed by atoms with E-state index in [2.05, 4.69) is 35.6 Å². The standard InChI is InChI=1S/C18H22N2O2/c1-20(18(21)11-17-13-22-9-8-19-17)12-14-6-7-15-4-2-3-5-16(15)10-14/h2-7,10,17,19H,8-9,11-13H2,1H3. The maximum atomic E-state index is 12.3. The minimum Gasteiger partial charge on any atom is -0.378 e. The lowest BCUT2D eigenvalue weighted by Crippen LogP contribution is -2.44. The molecule has 116 valence electrons. The highest BCUT2D eigenvalue weighted by Crippen LogP contribution is 2.17. The van der Waals surface area contributed by atoms with E-state index in [1.165, 1.54) is 10.8 Å². The average Bonchev–Trinajstić information content (AvgIpc) is 2.55. The summed E-state index contributed by atoms with van der Waals surface area (Å²) in [5, 5.41) is 5.76. The summed E-state index contributed by atoms with van der Waals surface area (Å²) in [5.41, 5.74) is 1.16. The number of morpholine rings is 1. The summed E-state index contributed by atoms with van der Waals surface area (Å²) in [6, 6.07) is 14.8. The summed E-state index contributed by atoms with van der Waals surface area (Å²) in [7, 11) is 1.86. The van der Waals surface area contributed by atoms with Gasteiger partial charge in [-0.15, -0.1) is 0 Å². The van der Waals surface area contributed by atoms with Crippen LogP contribution in [0.5, 0.6) is 0 Å². The van der Waals surface area contributed by atoms with Gasteiger partial charge in [0.1, 0.15) is 0 Å². The Bertz CT molecular complexity index is 650. The van der Waals surface area contributed by atoms with Crippen molar-refractivity contribution in [1.82, 2.24) is 10.2 Å². The summed E-state index contributed by atoms with van der Waals surface area (Å²) in [4.78, 5) is 14.1. The van der Waals surface area contributed by atoms with E-state index in [4.69, 9.17) is 4.74 Å². The molecule has 0 aliphatic carbocycles. The van der Waals surface area contributed by atoms with E-state index in [0.29, 0.717) is 19.6 Å². The van der Waals surface area contributed by atoms with Gasteiger partial charge in [0.15, 0.2) is 0 Å². The Morgan fingerprint density at radius 1 is 1.27 bits per heavy atom. The molecule has 4 heteroatoms. The summed E-state index contributed by atoms with van der Waals surface area (Å²) >= 11 is 0. The van der Waals surface area contributed by atoms with Crippen molar-refractivity contribution in [3.63, 3.8) is 0 Å². The number of hydrogen-bond acceptors (Lipinski definition) is 3. The van der Waals surface area contributed by atoms with Gasteiger partial charge in [-0.25, -0.2) is 0 Å². The molecule has 2 aromatic carbocycles. The van der Waals surface area contributed by atoms with Crippen LogP contribution < -0.4 is 5.32 Å². The molecule has 1 N–H and O–H groups in total. The van der Waals surface area contributed by atoms with Gasteiger partial charge in [-0.1, -0.05) is 36.4 Å². The van der Waals surface area contributed by atoms with Gasteiger partial charge >= 0.3 is 0 Å². The van der Waals surface area contributed by atoms with Crippen molar-refractivity contribution in [1.29, 1.82) is 0 Å². The number of rotatable bonds is 4. The lowest BCUT2D eigenvalue weighted by Gasteiger charge is -2.25. The summed E-state index contributed by atoms with van der Waals surface area (Å²) in [6.07, 6.45) is 0.490. The Balaban J connectivity index is 1.61. The largest absolute Gasteiger partial charge is 0.378 e. The van der Waals surface area contributed by atoms with Gasteiger partial charge in [0.2, 0.25) is 5.91 Å². The summed E-state index contributed by atoms with van der Waals surface area (Å²) in [5.74, 6) is 0.149. The van der Waals surface area contributed by atoms with E-state index >= 15 is 0 Å².